The van der Waals surface area contributed by atoms with Gasteiger partial charge in [0, 0.05) is 11.2 Å². The maximum atomic E-state index is 12.4. The van der Waals surface area contributed by atoms with Crippen LogP contribution in [0.2, 0.25) is 0 Å². The number of nitrogens with one attached hydrogen (secondary N) is 1. The lowest BCUT2D eigenvalue weighted by molar-refractivity contribution is -0.123. The average molecular weight is 305 g/mol. The van der Waals surface area contributed by atoms with Gasteiger partial charge in [-0.25, -0.2) is 0 Å². The number of amides is 2. The van der Waals surface area contributed by atoms with Crippen LogP contribution in [-0.4, -0.2) is 24.0 Å². The molecule has 2 unspecified atom stereocenters. The molecule has 2 rings (SSSR count). The van der Waals surface area contributed by atoms with E-state index in [0.717, 1.165) is 25.7 Å². The topological polar surface area (TPSA) is 107 Å². The fourth-order valence-electron chi connectivity index (χ4n) is 2.81. The van der Waals surface area contributed by atoms with Crippen LogP contribution in [0.4, 0.5) is 5.69 Å². The molecule has 2 amide bonds. The van der Waals surface area contributed by atoms with Crippen molar-refractivity contribution in [1.29, 1.82) is 0 Å². The second-order valence-electron chi connectivity index (χ2n) is 6.07. The summed E-state index contributed by atoms with van der Waals surface area (Å²) in [6.45, 7) is 1.77. The Morgan fingerprint density at radius 2 is 2.00 bits per heavy atom. The van der Waals surface area contributed by atoms with Crippen LogP contribution < -0.4 is 21.5 Å². The molecule has 22 heavy (non-hydrogen) atoms. The first-order chi connectivity index (χ1) is 10.4. The molecule has 6 nitrogen and oxygen atoms in total. The SMILES string of the molecule is CC1(N)CCCCC1C(=O)Nc1ccc(OCC(N)=O)cc1. The second-order valence-corrected chi connectivity index (χ2v) is 6.07. The van der Waals surface area contributed by atoms with Crippen molar-refractivity contribution < 1.29 is 14.3 Å². The van der Waals surface area contributed by atoms with Crippen LogP contribution in [0, 0.1) is 5.92 Å². The van der Waals surface area contributed by atoms with Crippen molar-refractivity contribution in [1.82, 2.24) is 0 Å². The summed E-state index contributed by atoms with van der Waals surface area (Å²) in [7, 11) is 0. The molecule has 0 radical (unpaired) electrons. The number of hydrogen-bond donors (Lipinski definition) is 3. The Bertz CT molecular complexity index is 540. The van der Waals surface area contributed by atoms with Crippen molar-refractivity contribution in [3.8, 4) is 5.75 Å². The molecule has 1 aliphatic carbocycles. The number of primary amides is 1. The van der Waals surface area contributed by atoms with Gasteiger partial charge in [-0.05, 0) is 44.0 Å². The second kappa shape index (κ2) is 6.79. The summed E-state index contributed by atoms with van der Waals surface area (Å²) in [6.07, 6.45) is 3.79. The third kappa shape index (κ3) is 4.21. The number of ether oxygens (including phenoxy) is 1. The Morgan fingerprint density at radius 1 is 1.32 bits per heavy atom. The van der Waals surface area contributed by atoms with Gasteiger partial charge in [0.2, 0.25) is 5.91 Å². The first-order valence-electron chi connectivity index (χ1n) is 7.49. The summed E-state index contributed by atoms with van der Waals surface area (Å²) in [5.74, 6) is -0.224. The third-order valence-electron chi connectivity index (χ3n) is 4.07. The number of nitrogens with two attached hydrogens (primary N) is 2. The molecule has 6 heteroatoms. The quantitative estimate of drug-likeness (QED) is 0.764. The lowest BCUT2D eigenvalue weighted by Crippen LogP contribution is -2.51. The fourth-order valence-corrected chi connectivity index (χ4v) is 2.81. The van der Waals surface area contributed by atoms with E-state index in [1.165, 1.54) is 0 Å². The van der Waals surface area contributed by atoms with Crippen LogP contribution in [0.3, 0.4) is 0 Å². The van der Waals surface area contributed by atoms with Gasteiger partial charge >= 0.3 is 0 Å². The highest BCUT2D eigenvalue weighted by Crippen LogP contribution is 2.32. The van der Waals surface area contributed by atoms with Gasteiger partial charge in [-0.1, -0.05) is 12.8 Å². The van der Waals surface area contributed by atoms with Crippen LogP contribution in [-0.2, 0) is 9.59 Å². The Kier molecular flexibility index (Phi) is 5.03. The highest BCUT2D eigenvalue weighted by Gasteiger charge is 2.37. The fraction of sp³-hybridized carbons (Fsp3) is 0.500. The molecule has 0 saturated heterocycles. The van der Waals surface area contributed by atoms with Crippen LogP contribution >= 0.6 is 0 Å². The molecule has 2 atom stereocenters. The maximum absolute atomic E-state index is 12.4. The maximum Gasteiger partial charge on any atom is 0.255 e. The van der Waals surface area contributed by atoms with Crippen LogP contribution in [0.15, 0.2) is 24.3 Å². The molecule has 1 aliphatic rings. The minimum Gasteiger partial charge on any atom is -0.484 e. The van der Waals surface area contributed by atoms with E-state index >= 15 is 0 Å². The first kappa shape index (κ1) is 16.3. The van der Waals surface area contributed by atoms with E-state index in [4.69, 9.17) is 16.2 Å². The number of rotatable bonds is 5. The van der Waals surface area contributed by atoms with Crippen LogP contribution in [0.25, 0.3) is 0 Å². The van der Waals surface area contributed by atoms with Gasteiger partial charge < -0.3 is 21.5 Å². The molecule has 5 N–H and O–H groups in total. The van der Waals surface area contributed by atoms with Crippen molar-refractivity contribution in [2.45, 2.75) is 38.1 Å². The van der Waals surface area contributed by atoms with Crippen molar-refractivity contribution in [2.24, 2.45) is 17.4 Å². The largest absolute Gasteiger partial charge is 0.484 e. The number of hydrogen-bond acceptors (Lipinski definition) is 4. The summed E-state index contributed by atoms with van der Waals surface area (Å²) < 4.78 is 5.17. The predicted molar refractivity (Wildman–Crippen MR) is 84.3 cm³/mol. The summed E-state index contributed by atoms with van der Waals surface area (Å²) in [5, 5.41) is 2.89. The molecule has 120 valence electrons. The van der Waals surface area contributed by atoms with Gasteiger partial charge in [-0.3, -0.25) is 9.59 Å². The zero-order valence-electron chi connectivity index (χ0n) is 12.8. The average Bonchev–Trinajstić information content (AvgIpc) is 2.46. The van der Waals surface area contributed by atoms with Gasteiger partial charge in [0.05, 0.1) is 5.92 Å². The summed E-state index contributed by atoms with van der Waals surface area (Å²) in [5.41, 5.74) is 11.5. The highest BCUT2D eigenvalue weighted by molar-refractivity contribution is 5.93. The molecule has 0 bridgehead atoms. The van der Waals surface area contributed by atoms with Gasteiger partial charge in [0.15, 0.2) is 6.61 Å². The summed E-state index contributed by atoms with van der Waals surface area (Å²) in [4.78, 5) is 23.0. The van der Waals surface area contributed by atoms with E-state index < -0.39 is 11.4 Å². The third-order valence-corrected chi connectivity index (χ3v) is 4.07. The first-order valence-corrected chi connectivity index (χ1v) is 7.49. The predicted octanol–water partition coefficient (Wildman–Crippen LogP) is 1.40. The van der Waals surface area contributed by atoms with Crippen LogP contribution in [0.5, 0.6) is 5.75 Å². The Morgan fingerprint density at radius 3 is 2.59 bits per heavy atom. The molecule has 1 fully saturated rings. The van der Waals surface area contributed by atoms with Crippen molar-refractivity contribution in [3.63, 3.8) is 0 Å². The molecule has 1 aromatic rings. The zero-order chi connectivity index (χ0) is 16.2. The molecule has 0 aromatic heterocycles. The molecular formula is C16H23N3O3. The summed E-state index contributed by atoms with van der Waals surface area (Å²) in [6, 6.07) is 6.82. The lowest BCUT2D eigenvalue weighted by Gasteiger charge is -2.37. The van der Waals surface area contributed by atoms with E-state index in [1.54, 1.807) is 24.3 Å². The smallest absolute Gasteiger partial charge is 0.255 e. The Hall–Kier alpha value is -2.08. The minimum absolute atomic E-state index is 0.0458. The van der Waals surface area contributed by atoms with E-state index in [0.29, 0.717) is 11.4 Å². The number of carbonyl (C=O) groups excluding carboxylic acids is 2. The van der Waals surface area contributed by atoms with E-state index in [2.05, 4.69) is 5.32 Å². The number of benzene rings is 1. The van der Waals surface area contributed by atoms with Crippen molar-refractivity contribution in [3.05, 3.63) is 24.3 Å². The molecular weight excluding hydrogens is 282 g/mol. The van der Waals surface area contributed by atoms with Gasteiger partial charge in [-0.2, -0.15) is 0 Å². The molecule has 1 saturated carbocycles. The van der Waals surface area contributed by atoms with E-state index in [1.807, 2.05) is 6.92 Å². The number of carbonyl (C=O) groups is 2. The van der Waals surface area contributed by atoms with E-state index in [9.17, 15) is 9.59 Å². The highest BCUT2D eigenvalue weighted by atomic mass is 16.5. The van der Waals surface area contributed by atoms with Crippen molar-refractivity contribution >= 4 is 17.5 Å². The summed E-state index contributed by atoms with van der Waals surface area (Å²) >= 11 is 0. The van der Waals surface area contributed by atoms with Crippen LogP contribution in [0.1, 0.15) is 32.6 Å². The lowest BCUT2D eigenvalue weighted by atomic mass is 9.74. The van der Waals surface area contributed by atoms with Gasteiger partial charge in [0.25, 0.3) is 5.91 Å². The molecule has 1 aromatic carbocycles. The molecule has 0 heterocycles. The Balaban J connectivity index is 1.95. The monoisotopic (exact) mass is 305 g/mol. The van der Waals surface area contributed by atoms with Gasteiger partial charge in [0.1, 0.15) is 5.75 Å². The normalized spacial score (nSPS) is 24.5. The molecule has 0 aliphatic heterocycles. The van der Waals surface area contributed by atoms with E-state index in [-0.39, 0.29) is 18.4 Å². The number of anilines is 1. The minimum atomic E-state index is -0.531. The zero-order valence-corrected chi connectivity index (χ0v) is 12.8. The van der Waals surface area contributed by atoms with Crippen molar-refractivity contribution in [2.75, 3.05) is 11.9 Å². The standard InChI is InChI=1S/C16H23N3O3/c1-16(18)9-3-2-4-13(16)15(21)19-11-5-7-12(8-6-11)22-10-14(17)20/h5-8,13H,2-4,9-10,18H2,1H3,(H2,17,20)(H,19,21). The van der Waals surface area contributed by atoms with Gasteiger partial charge in [-0.15, -0.1) is 0 Å². The molecule has 0 spiro atoms. The Labute approximate surface area is 130 Å².